The minimum atomic E-state index is -1.40. The molecule has 0 aliphatic carbocycles. The average Bonchev–Trinajstić information content (AvgIpc) is 2.94. The van der Waals surface area contributed by atoms with Gasteiger partial charge in [0.1, 0.15) is 17.7 Å². The second-order valence-corrected chi connectivity index (χ2v) is 11.2. The molecule has 1 unspecified atom stereocenters. The number of methoxy groups -OCH3 is 2. The van der Waals surface area contributed by atoms with Gasteiger partial charge in [-0.05, 0) is 87.8 Å². The number of rotatable bonds is 12. The highest BCUT2D eigenvalue weighted by Crippen LogP contribution is 2.42. The summed E-state index contributed by atoms with van der Waals surface area (Å²) in [6.45, 7) is 2.29. The molecule has 1 fully saturated rings. The van der Waals surface area contributed by atoms with Crippen LogP contribution in [0, 0.1) is 5.41 Å². The Morgan fingerprint density at radius 1 is 1.21 bits per heavy atom. The van der Waals surface area contributed by atoms with Crippen molar-refractivity contribution in [3.05, 3.63) is 59.2 Å². The molecule has 1 atom stereocenters. The largest absolute Gasteiger partial charge is 0.497 e. The molecule has 1 aromatic heterocycles. The normalized spacial score (nSPS) is 16.3. The summed E-state index contributed by atoms with van der Waals surface area (Å²) in [6.07, 6.45) is 2.40. The topological polar surface area (TPSA) is 71.9 Å². The van der Waals surface area contributed by atoms with Crippen LogP contribution in [0.15, 0.2) is 53.6 Å². The van der Waals surface area contributed by atoms with Crippen LogP contribution < -0.4 is 9.47 Å². The number of nitrogens with zero attached hydrogens (tertiary/aromatic N) is 2. The summed E-state index contributed by atoms with van der Waals surface area (Å²) < 4.78 is 26.4. The van der Waals surface area contributed by atoms with Crippen molar-refractivity contribution in [1.82, 2.24) is 9.88 Å². The predicted octanol–water partition coefficient (Wildman–Crippen LogP) is 7.05. The third-order valence-corrected chi connectivity index (χ3v) is 8.91. The van der Waals surface area contributed by atoms with Gasteiger partial charge in [-0.3, -0.25) is 9.78 Å². The molecule has 2 heterocycles. The zero-order valence-corrected chi connectivity index (χ0v) is 23.4. The van der Waals surface area contributed by atoms with E-state index >= 15 is 4.39 Å². The van der Waals surface area contributed by atoms with Crippen molar-refractivity contribution in [3.8, 4) is 11.5 Å². The molecule has 6 nitrogen and oxygen atoms in total. The zero-order valence-electron chi connectivity index (χ0n) is 21.8. The molecule has 204 valence electrons. The van der Waals surface area contributed by atoms with E-state index in [0.29, 0.717) is 48.1 Å². The minimum Gasteiger partial charge on any atom is -0.497 e. The van der Waals surface area contributed by atoms with Gasteiger partial charge in [0.05, 0.1) is 30.2 Å². The zero-order chi connectivity index (χ0) is 27.1. The number of fused-ring (bicyclic) bond motifs is 1. The fraction of sp³-hybridized carbons (Fsp3) is 0.448. The van der Waals surface area contributed by atoms with E-state index in [4.69, 9.17) is 21.1 Å². The first-order valence-electron chi connectivity index (χ1n) is 12.8. The molecule has 0 radical (unpaired) electrons. The minimum absolute atomic E-state index is 0.0812. The third-order valence-electron chi connectivity index (χ3n) is 7.47. The lowest BCUT2D eigenvalue weighted by molar-refractivity contribution is -0.153. The van der Waals surface area contributed by atoms with Crippen molar-refractivity contribution < 1.29 is 23.8 Å². The number of hydrogen-bond acceptors (Lipinski definition) is 6. The summed E-state index contributed by atoms with van der Waals surface area (Å²) in [5.74, 6) is 1.58. The molecule has 0 bridgehead atoms. The summed E-state index contributed by atoms with van der Waals surface area (Å²) in [7, 11) is 3.23. The van der Waals surface area contributed by atoms with Crippen LogP contribution in [0.4, 0.5) is 4.39 Å². The molecule has 1 saturated heterocycles. The van der Waals surface area contributed by atoms with Crippen LogP contribution in [-0.2, 0) is 4.79 Å². The molecule has 1 aliphatic rings. The number of halogens is 2. The Hall–Kier alpha value is -2.55. The maximum Gasteiger partial charge on any atom is 0.309 e. The Morgan fingerprint density at radius 3 is 2.68 bits per heavy atom. The monoisotopic (exact) mass is 560 g/mol. The number of piperidine rings is 1. The van der Waals surface area contributed by atoms with Gasteiger partial charge in [-0.25, -0.2) is 4.39 Å². The second-order valence-electron chi connectivity index (χ2n) is 9.69. The Bertz CT molecular complexity index is 1250. The summed E-state index contributed by atoms with van der Waals surface area (Å²) in [5, 5.41) is 11.0. The first kappa shape index (κ1) is 28.5. The Labute approximate surface area is 232 Å². The van der Waals surface area contributed by atoms with Gasteiger partial charge in [-0.15, -0.1) is 11.8 Å². The van der Waals surface area contributed by atoms with Gasteiger partial charge in [0.15, 0.2) is 0 Å². The van der Waals surface area contributed by atoms with Crippen molar-refractivity contribution in [1.29, 1.82) is 0 Å². The molecule has 38 heavy (non-hydrogen) atoms. The van der Waals surface area contributed by atoms with Gasteiger partial charge in [0.2, 0.25) is 0 Å². The molecule has 2 aromatic carbocycles. The molecule has 9 heteroatoms. The lowest BCUT2D eigenvalue weighted by Gasteiger charge is -2.39. The number of benzene rings is 2. The summed E-state index contributed by atoms with van der Waals surface area (Å²) in [4.78, 5) is 20.1. The van der Waals surface area contributed by atoms with E-state index in [9.17, 15) is 9.90 Å². The van der Waals surface area contributed by atoms with Crippen LogP contribution in [0.5, 0.6) is 11.5 Å². The van der Waals surface area contributed by atoms with E-state index in [1.165, 1.54) is 6.20 Å². The lowest BCUT2D eigenvalue weighted by Crippen LogP contribution is -2.44. The highest BCUT2D eigenvalue weighted by Gasteiger charge is 2.41. The van der Waals surface area contributed by atoms with Crippen LogP contribution in [0.2, 0.25) is 5.02 Å². The van der Waals surface area contributed by atoms with E-state index in [-0.39, 0.29) is 17.9 Å². The quantitative estimate of drug-likeness (QED) is 0.188. The van der Waals surface area contributed by atoms with E-state index in [2.05, 4.69) is 16.0 Å². The van der Waals surface area contributed by atoms with Crippen molar-refractivity contribution in [2.75, 3.05) is 39.6 Å². The molecule has 3 aromatic rings. The second kappa shape index (κ2) is 13.0. The van der Waals surface area contributed by atoms with Gasteiger partial charge < -0.3 is 19.5 Å². The number of aliphatic carboxylic acids is 1. The van der Waals surface area contributed by atoms with E-state index < -0.39 is 17.6 Å². The molecule has 1 aliphatic heterocycles. The Kier molecular flexibility index (Phi) is 9.74. The van der Waals surface area contributed by atoms with Crippen LogP contribution in [0.1, 0.15) is 43.8 Å². The van der Waals surface area contributed by atoms with Crippen LogP contribution >= 0.6 is 23.4 Å². The molecule has 0 amide bonds. The molecule has 0 spiro atoms. The Morgan fingerprint density at radius 2 is 1.97 bits per heavy atom. The van der Waals surface area contributed by atoms with Gasteiger partial charge in [0, 0.05) is 22.0 Å². The molecule has 1 N–H and O–H groups in total. The number of para-hydroxylation sites is 1. The van der Waals surface area contributed by atoms with Gasteiger partial charge in [-0.1, -0.05) is 23.7 Å². The van der Waals surface area contributed by atoms with Crippen molar-refractivity contribution in [2.45, 2.75) is 43.2 Å². The van der Waals surface area contributed by atoms with E-state index in [0.717, 1.165) is 29.4 Å². The number of ether oxygens (including phenoxy) is 2. The number of hydrogen-bond donors (Lipinski definition) is 1. The average molecular weight is 561 g/mol. The molecular weight excluding hydrogens is 527 g/mol. The van der Waals surface area contributed by atoms with E-state index in [1.54, 1.807) is 44.2 Å². The Balaban J connectivity index is 1.33. The first-order valence-corrected chi connectivity index (χ1v) is 14.2. The molecule has 0 saturated carbocycles. The number of carboxylic acids is 1. The molecular formula is C29H34ClFN2O4S. The standard InChI is InChI=1S/C29H34ClFN2O4S/c1-36-20-8-9-24-21(18-20)27(22(30)19-32-24)23(31)10-11-29(28(34)35)12-15-33(16-13-29)14-5-17-38-26-7-4-3-6-25(26)37-2/h3-4,6-9,18-19,23H,5,10-17H2,1-2H3,(H,34,35). The summed E-state index contributed by atoms with van der Waals surface area (Å²) in [5.41, 5.74) is 0.0408. The van der Waals surface area contributed by atoms with Crippen LogP contribution in [0.3, 0.4) is 0 Å². The maximum atomic E-state index is 15.7. The SMILES string of the molecule is COc1ccc2ncc(Cl)c(C(F)CCC3(C(=O)O)CCN(CCCSc4ccccc4OC)CC3)c2c1. The number of thioether (sulfide) groups is 1. The number of aromatic nitrogens is 1. The lowest BCUT2D eigenvalue weighted by atomic mass is 9.74. The first-order chi connectivity index (χ1) is 18.4. The van der Waals surface area contributed by atoms with Gasteiger partial charge in [0.25, 0.3) is 0 Å². The highest BCUT2D eigenvalue weighted by atomic mass is 35.5. The number of carbonyl (C=O) groups is 1. The maximum absolute atomic E-state index is 15.7. The van der Waals surface area contributed by atoms with Crippen molar-refractivity contribution in [3.63, 3.8) is 0 Å². The predicted molar refractivity (Wildman–Crippen MR) is 150 cm³/mol. The fourth-order valence-corrected chi connectivity index (χ4v) is 6.38. The highest BCUT2D eigenvalue weighted by molar-refractivity contribution is 7.99. The van der Waals surface area contributed by atoms with E-state index in [1.807, 2.05) is 18.2 Å². The van der Waals surface area contributed by atoms with Gasteiger partial charge in [-0.2, -0.15) is 0 Å². The number of carboxylic acid groups (broad SMARTS) is 1. The van der Waals surface area contributed by atoms with Crippen LogP contribution in [-0.4, -0.2) is 60.6 Å². The fourth-order valence-electron chi connectivity index (χ4n) is 5.14. The smallest absolute Gasteiger partial charge is 0.309 e. The van der Waals surface area contributed by atoms with Crippen molar-refractivity contribution >= 4 is 40.2 Å². The number of pyridine rings is 1. The third kappa shape index (κ3) is 6.53. The summed E-state index contributed by atoms with van der Waals surface area (Å²) >= 11 is 8.14. The summed E-state index contributed by atoms with van der Waals surface area (Å²) in [6, 6.07) is 13.2. The van der Waals surface area contributed by atoms with Crippen molar-refractivity contribution in [2.24, 2.45) is 5.41 Å². The van der Waals surface area contributed by atoms with Crippen LogP contribution in [0.25, 0.3) is 10.9 Å². The number of alkyl halides is 1. The number of likely N-dealkylation sites (tertiary alicyclic amines) is 1. The molecule has 4 rings (SSSR count). The van der Waals surface area contributed by atoms with Gasteiger partial charge >= 0.3 is 5.97 Å².